The number of methoxy groups -OCH3 is 1. The molecule has 28 heavy (non-hydrogen) atoms. The average Bonchev–Trinajstić information content (AvgIpc) is 3.13. The summed E-state index contributed by atoms with van der Waals surface area (Å²) in [5, 5.41) is 2.79. The first-order chi connectivity index (χ1) is 13.6. The fourth-order valence-electron chi connectivity index (χ4n) is 3.03. The van der Waals surface area contributed by atoms with Crippen LogP contribution in [0.25, 0.3) is 0 Å². The number of carbonyl (C=O) groups excluding carboxylic acids is 2. The number of nitrogens with one attached hydrogen (secondary N) is 1. The van der Waals surface area contributed by atoms with Crippen LogP contribution in [0, 0.1) is 0 Å². The van der Waals surface area contributed by atoms with Gasteiger partial charge in [-0.3, -0.25) is 9.59 Å². The van der Waals surface area contributed by atoms with E-state index in [1.165, 1.54) is 0 Å². The first-order valence-corrected chi connectivity index (χ1v) is 9.24. The van der Waals surface area contributed by atoms with Crippen molar-refractivity contribution in [3.05, 3.63) is 42.5 Å². The van der Waals surface area contributed by atoms with Crippen LogP contribution in [0.4, 0.5) is 11.4 Å². The topological polar surface area (TPSA) is 77.1 Å². The zero-order chi connectivity index (χ0) is 19.9. The van der Waals surface area contributed by atoms with E-state index < -0.39 is 0 Å². The second-order valence-electron chi connectivity index (χ2n) is 6.28. The molecule has 1 aliphatic heterocycles. The molecule has 1 fully saturated rings. The summed E-state index contributed by atoms with van der Waals surface area (Å²) in [6.45, 7) is 3.03. The van der Waals surface area contributed by atoms with Gasteiger partial charge in [0.15, 0.2) is 6.61 Å². The molecule has 1 N–H and O–H groups in total. The van der Waals surface area contributed by atoms with Crippen LogP contribution in [0.3, 0.4) is 0 Å². The van der Waals surface area contributed by atoms with E-state index in [1.54, 1.807) is 54.5 Å². The van der Waals surface area contributed by atoms with Gasteiger partial charge < -0.3 is 24.4 Å². The maximum absolute atomic E-state index is 12.2. The standard InChI is InChI=1S/C21H24N2O5/c1-3-27-16-7-9-17(10-8-16)28-14-20(24)22-15-6-11-19(26-2)18(13-15)23-12-4-5-21(23)25/h6-11,13H,3-5,12,14H2,1-2H3,(H,22,24). The molecule has 0 saturated carbocycles. The molecule has 0 atom stereocenters. The molecule has 148 valence electrons. The van der Waals surface area contributed by atoms with Crippen molar-refractivity contribution < 1.29 is 23.8 Å². The molecular weight excluding hydrogens is 360 g/mol. The molecule has 2 amide bonds. The Morgan fingerprint density at radius 2 is 1.82 bits per heavy atom. The summed E-state index contributed by atoms with van der Waals surface area (Å²) < 4.78 is 16.2. The zero-order valence-electron chi connectivity index (χ0n) is 16.1. The smallest absolute Gasteiger partial charge is 0.262 e. The van der Waals surface area contributed by atoms with Gasteiger partial charge in [-0.2, -0.15) is 0 Å². The third kappa shape index (κ3) is 4.73. The highest BCUT2D eigenvalue weighted by Crippen LogP contribution is 2.34. The van der Waals surface area contributed by atoms with Crippen molar-refractivity contribution in [2.45, 2.75) is 19.8 Å². The van der Waals surface area contributed by atoms with Gasteiger partial charge in [0.2, 0.25) is 5.91 Å². The van der Waals surface area contributed by atoms with Gasteiger partial charge in [-0.15, -0.1) is 0 Å². The van der Waals surface area contributed by atoms with Crippen molar-refractivity contribution in [2.75, 3.05) is 37.1 Å². The highest BCUT2D eigenvalue weighted by atomic mass is 16.5. The number of carbonyl (C=O) groups is 2. The van der Waals surface area contributed by atoms with E-state index in [1.807, 2.05) is 6.92 Å². The molecule has 2 aromatic carbocycles. The molecule has 2 aromatic rings. The summed E-state index contributed by atoms with van der Waals surface area (Å²) in [4.78, 5) is 26.0. The third-order valence-electron chi connectivity index (χ3n) is 4.33. The fraction of sp³-hybridized carbons (Fsp3) is 0.333. The Balaban J connectivity index is 1.61. The molecule has 0 aliphatic carbocycles. The molecule has 0 radical (unpaired) electrons. The molecule has 1 saturated heterocycles. The Hall–Kier alpha value is -3.22. The van der Waals surface area contributed by atoms with Crippen LogP contribution in [-0.2, 0) is 9.59 Å². The number of hydrogen-bond donors (Lipinski definition) is 1. The van der Waals surface area contributed by atoms with Gasteiger partial charge in [0.1, 0.15) is 17.2 Å². The van der Waals surface area contributed by atoms with Crippen molar-refractivity contribution >= 4 is 23.2 Å². The lowest BCUT2D eigenvalue weighted by Crippen LogP contribution is -2.25. The van der Waals surface area contributed by atoms with E-state index >= 15 is 0 Å². The number of amides is 2. The maximum Gasteiger partial charge on any atom is 0.262 e. The van der Waals surface area contributed by atoms with Crippen LogP contribution in [0.2, 0.25) is 0 Å². The van der Waals surface area contributed by atoms with E-state index in [9.17, 15) is 9.59 Å². The minimum atomic E-state index is -0.294. The van der Waals surface area contributed by atoms with E-state index in [-0.39, 0.29) is 18.4 Å². The summed E-state index contributed by atoms with van der Waals surface area (Å²) >= 11 is 0. The van der Waals surface area contributed by atoms with Gasteiger partial charge in [0, 0.05) is 18.7 Å². The van der Waals surface area contributed by atoms with Crippen molar-refractivity contribution in [2.24, 2.45) is 0 Å². The molecule has 0 aromatic heterocycles. The van der Waals surface area contributed by atoms with Crippen LogP contribution in [0.15, 0.2) is 42.5 Å². The minimum Gasteiger partial charge on any atom is -0.495 e. The Kier molecular flexibility index (Phi) is 6.37. The minimum absolute atomic E-state index is 0.0561. The number of anilines is 2. The molecule has 3 rings (SSSR count). The summed E-state index contributed by atoms with van der Waals surface area (Å²) in [5.74, 6) is 1.69. The van der Waals surface area contributed by atoms with Crippen molar-refractivity contribution in [3.63, 3.8) is 0 Å². The molecule has 0 unspecified atom stereocenters. The fourth-order valence-corrected chi connectivity index (χ4v) is 3.03. The monoisotopic (exact) mass is 384 g/mol. The Morgan fingerprint density at radius 3 is 2.43 bits per heavy atom. The quantitative estimate of drug-likeness (QED) is 0.756. The van der Waals surface area contributed by atoms with E-state index in [0.717, 1.165) is 12.2 Å². The first kappa shape index (κ1) is 19.5. The Bertz CT molecular complexity index is 835. The summed E-state index contributed by atoms with van der Waals surface area (Å²) in [6.07, 6.45) is 1.34. The van der Waals surface area contributed by atoms with Gasteiger partial charge in [-0.05, 0) is 55.8 Å². The number of hydrogen-bond acceptors (Lipinski definition) is 5. The van der Waals surface area contributed by atoms with Crippen molar-refractivity contribution in [1.82, 2.24) is 0 Å². The molecule has 0 bridgehead atoms. The molecule has 7 heteroatoms. The van der Waals surface area contributed by atoms with E-state index in [2.05, 4.69) is 5.32 Å². The summed E-state index contributed by atoms with van der Waals surface area (Å²) in [6, 6.07) is 12.3. The molecule has 1 aliphatic rings. The Labute approximate surface area is 164 Å². The lowest BCUT2D eigenvalue weighted by molar-refractivity contribution is -0.118. The van der Waals surface area contributed by atoms with Crippen LogP contribution >= 0.6 is 0 Å². The van der Waals surface area contributed by atoms with Crippen LogP contribution < -0.4 is 24.4 Å². The lowest BCUT2D eigenvalue weighted by Gasteiger charge is -2.20. The lowest BCUT2D eigenvalue weighted by atomic mass is 10.2. The number of ether oxygens (including phenoxy) is 3. The largest absolute Gasteiger partial charge is 0.495 e. The number of rotatable bonds is 8. The van der Waals surface area contributed by atoms with Crippen LogP contribution in [0.1, 0.15) is 19.8 Å². The second kappa shape index (κ2) is 9.12. The highest BCUT2D eigenvalue weighted by molar-refractivity contribution is 5.98. The van der Waals surface area contributed by atoms with Crippen molar-refractivity contribution in [1.29, 1.82) is 0 Å². The molecular formula is C21H24N2O5. The average molecular weight is 384 g/mol. The number of benzene rings is 2. The van der Waals surface area contributed by atoms with E-state index in [4.69, 9.17) is 14.2 Å². The van der Waals surface area contributed by atoms with Crippen LogP contribution in [-0.4, -0.2) is 38.7 Å². The zero-order valence-corrected chi connectivity index (χ0v) is 16.1. The van der Waals surface area contributed by atoms with Crippen LogP contribution in [0.5, 0.6) is 17.2 Å². The predicted molar refractivity (Wildman–Crippen MR) is 106 cm³/mol. The highest BCUT2D eigenvalue weighted by Gasteiger charge is 2.24. The normalized spacial score (nSPS) is 13.4. The third-order valence-corrected chi connectivity index (χ3v) is 4.33. The number of nitrogens with zero attached hydrogens (tertiary/aromatic N) is 1. The van der Waals surface area contributed by atoms with E-state index in [0.29, 0.717) is 42.4 Å². The van der Waals surface area contributed by atoms with Gasteiger partial charge >= 0.3 is 0 Å². The Morgan fingerprint density at radius 1 is 1.11 bits per heavy atom. The first-order valence-electron chi connectivity index (χ1n) is 9.24. The van der Waals surface area contributed by atoms with Gasteiger partial charge in [0.05, 0.1) is 19.4 Å². The maximum atomic E-state index is 12.2. The molecule has 1 heterocycles. The predicted octanol–water partition coefficient (Wildman–Crippen LogP) is 3.24. The SMILES string of the molecule is CCOc1ccc(OCC(=O)Nc2ccc(OC)c(N3CCCC3=O)c2)cc1. The van der Waals surface area contributed by atoms with Gasteiger partial charge in [-0.25, -0.2) is 0 Å². The van der Waals surface area contributed by atoms with Gasteiger partial charge in [-0.1, -0.05) is 0 Å². The van der Waals surface area contributed by atoms with Crippen molar-refractivity contribution in [3.8, 4) is 17.2 Å². The summed E-state index contributed by atoms with van der Waals surface area (Å²) in [5.41, 5.74) is 1.24. The second-order valence-corrected chi connectivity index (χ2v) is 6.28. The van der Waals surface area contributed by atoms with Gasteiger partial charge in [0.25, 0.3) is 5.91 Å². The molecule has 7 nitrogen and oxygen atoms in total. The summed E-state index contributed by atoms with van der Waals surface area (Å²) in [7, 11) is 1.56. The molecule has 0 spiro atoms.